The normalized spacial score (nSPS) is 12.8. The molecule has 0 spiro atoms. The molecule has 0 heterocycles. The molecule has 1 unspecified atom stereocenters. The summed E-state index contributed by atoms with van der Waals surface area (Å²) in [6.45, 7) is 4.41. The van der Waals surface area contributed by atoms with Gasteiger partial charge in [-0.2, -0.15) is 0 Å². The summed E-state index contributed by atoms with van der Waals surface area (Å²) >= 11 is 0. The van der Waals surface area contributed by atoms with Gasteiger partial charge in [-0.25, -0.2) is 0 Å². The van der Waals surface area contributed by atoms with Crippen LogP contribution in [0.4, 0.5) is 0 Å². The molecule has 0 radical (unpaired) electrons. The fourth-order valence-electron chi connectivity index (χ4n) is 1.72. The van der Waals surface area contributed by atoms with Crippen molar-refractivity contribution < 1.29 is 9.47 Å². The summed E-state index contributed by atoms with van der Waals surface area (Å²) < 4.78 is 10.4. The van der Waals surface area contributed by atoms with Crippen LogP contribution in [0.5, 0.6) is 5.75 Å². The minimum Gasteiger partial charge on any atom is -0.497 e. The Morgan fingerprint density at radius 2 is 2.21 bits per heavy atom. The molecule has 4 nitrogen and oxygen atoms in total. The molecule has 0 bridgehead atoms. The summed E-state index contributed by atoms with van der Waals surface area (Å²) in [5.41, 5.74) is 1.14. The molecule has 0 amide bonds. The van der Waals surface area contributed by atoms with Gasteiger partial charge in [-0.1, -0.05) is 19.1 Å². The fourth-order valence-corrected chi connectivity index (χ4v) is 1.72. The number of nitrogens with one attached hydrogen (secondary N) is 1. The number of methoxy groups -OCH3 is 2. The Hall–Kier alpha value is -1.39. The number of aliphatic imine (C=N–C) groups is 1. The van der Waals surface area contributed by atoms with Crippen molar-refractivity contribution in [3.8, 4) is 5.75 Å². The smallest absolute Gasteiger partial charge is 0.119 e. The Morgan fingerprint density at radius 1 is 1.37 bits per heavy atom. The third kappa shape index (κ3) is 6.36. The predicted octanol–water partition coefficient (Wildman–Crippen LogP) is 2.28. The van der Waals surface area contributed by atoms with Gasteiger partial charge in [0.05, 0.1) is 26.3 Å². The van der Waals surface area contributed by atoms with Crippen LogP contribution in [0.1, 0.15) is 18.9 Å². The van der Waals surface area contributed by atoms with Crippen molar-refractivity contribution in [2.75, 3.05) is 27.4 Å². The van der Waals surface area contributed by atoms with Crippen LogP contribution in [-0.4, -0.2) is 39.6 Å². The van der Waals surface area contributed by atoms with Gasteiger partial charge in [-0.3, -0.25) is 4.99 Å². The number of benzene rings is 1. The minimum absolute atomic E-state index is 0.176. The summed E-state index contributed by atoms with van der Waals surface area (Å²) in [5.74, 6) is 0.866. The summed E-state index contributed by atoms with van der Waals surface area (Å²) in [6, 6.07) is 8.14. The summed E-state index contributed by atoms with van der Waals surface area (Å²) in [6.07, 6.45) is 3.03. The maximum atomic E-state index is 5.19. The van der Waals surface area contributed by atoms with Crippen molar-refractivity contribution in [2.45, 2.75) is 25.9 Å². The Labute approximate surface area is 115 Å². The van der Waals surface area contributed by atoms with Crippen LogP contribution in [0, 0.1) is 0 Å². The van der Waals surface area contributed by atoms with E-state index in [1.165, 1.54) is 0 Å². The van der Waals surface area contributed by atoms with Crippen molar-refractivity contribution in [2.24, 2.45) is 4.99 Å². The van der Waals surface area contributed by atoms with E-state index in [1.54, 1.807) is 14.2 Å². The van der Waals surface area contributed by atoms with Gasteiger partial charge in [-0.05, 0) is 30.7 Å². The monoisotopic (exact) mass is 264 g/mol. The molecule has 1 aromatic carbocycles. The largest absolute Gasteiger partial charge is 0.497 e. The standard InChI is InChI=1S/C15H24N2O2/c1-4-8-17-14(12-18-2)11-16-10-13-6-5-7-15(9-13)19-3/h5-7,9,11,14,17H,4,8,10,12H2,1-3H3/b16-11+. The van der Waals surface area contributed by atoms with Crippen LogP contribution in [-0.2, 0) is 11.3 Å². The highest BCUT2D eigenvalue weighted by Crippen LogP contribution is 2.12. The van der Waals surface area contributed by atoms with Crippen LogP contribution in [0.25, 0.3) is 0 Å². The third-order valence-electron chi connectivity index (χ3n) is 2.70. The molecule has 0 fully saturated rings. The zero-order valence-electron chi connectivity index (χ0n) is 12.1. The second-order valence-corrected chi connectivity index (χ2v) is 4.36. The Bertz CT molecular complexity index is 380. The average molecular weight is 264 g/mol. The van der Waals surface area contributed by atoms with Crippen LogP contribution in [0.15, 0.2) is 29.3 Å². The van der Waals surface area contributed by atoms with E-state index in [-0.39, 0.29) is 6.04 Å². The van der Waals surface area contributed by atoms with E-state index in [0.29, 0.717) is 13.2 Å². The Balaban J connectivity index is 2.49. The first-order valence-electron chi connectivity index (χ1n) is 6.65. The molecule has 1 atom stereocenters. The quantitative estimate of drug-likeness (QED) is 0.696. The lowest BCUT2D eigenvalue weighted by Gasteiger charge is -2.12. The molecular weight excluding hydrogens is 240 g/mol. The van der Waals surface area contributed by atoms with Gasteiger partial charge in [0.25, 0.3) is 0 Å². The van der Waals surface area contributed by atoms with Crippen molar-refractivity contribution in [1.29, 1.82) is 0 Å². The molecule has 0 saturated heterocycles. The lowest BCUT2D eigenvalue weighted by molar-refractivity contribution is 0.187. The number of hydrogen-bond acceptors (Lipinski definition) is 4. The highest BCUT2D eigenvalue weighted by molar-refractivity contribution is 5.64. The van der Waals surface area contributed by atoms with Crippen molar-refractivity contribution >= 4 is 6.21 Å². The molecule has 0 aliphatic rings. The van der Waals surface area contributed by atoms with E-state index < -0.39 is 0 Å². The Morgan fingerprint density at radius 3 is 2.89 bits per heavy atom. The van der Waals surface area contributed by atoms with Crippen molar-refractivity contribution in [3.05, 3.63) is 29.8 Å². The van der Waals surface area contributed by atoms with E-state index >= 15 is 0 Å². The molecule has 106 valence electrons. The second-order valence-electron chi connectivity index (χ2n) is 4.36. The van der Waals surface area contributed by atoms with E-state index in [1.807, 2.05) is 30.5 Å². The predicted molar refractivity (Wildman–Crippen MR) is 79.1 cm³/mol. The number of rotatable bonds is 9. The second kappa shape index (κ2) is 9.53. The SMILES string of the molecule is CCCNC(/C=N/Cc1cccc(OC)c1)COC. The molecule has 0 aliphatic heterocycles. The number of hydrogen-bond donors (Lipinski definition) is 1. The number of ether oxygens (including phenoxy) is 2. The topological polar surface area (TPSA) is 42.9 Å². The van der Waals surface area contributed by atoms with Gasteiger partial charge in [0.2, 0.25) is 0 Å². The molecular formula is C15H24N2O2. The van der Waals surface area contributed by atoms with Gasteiger partial charge in [0.15, 0.2) is 0 Å². The highest BCUT2D eigenvalue weighted by Gasteiger charge is 2.02. The van der Waals surface area contributed by atoms with Crippen LogP contribution >= 0.6 is 0 Å². The lowest BCUT2D eigenvalue weighted by atomic mass is 10.2. The van der Waals surface area contributed by atoms with Crippen LogP contribution in [0.2, 0.25) is 0 Å². The maximum Gasteiger partial charge on any atom is 0.119 e. The zero-order chi connectivity index (χ0) is 13.9. The molecule has 1 rings (SSSR count). The molecule has 4 heteroatoms. The average Bonchev–Trinajstić information content (AvgIpc) is 2.45. The van der Waals surface area contributed by atoms with Gasteiger partial charge in [0.1, 0.15) is 5.75 Å². The summed E-state index contributed by atoms with van der Waals surface area (Å²) in [4.78, 5) is 4.47. The summed E-state index contributed by atoms with van der Waals surface area (Å²) in [7, 11) is 3.38. The van der Waals surface area contributed by atoms with Gasteiger partial charge in [0, 0.05) is 13.3 Å². The number of nitrogens with zero attached hydrogens (tertiary/aromatic N) is 1. The first-order chi connectivity index (χ1) is 9.30. The molecule has 0 aromatic heterocycles. The maximum absolute atomic E-state index is 5.19. The third-order valence-corrected chi connectivity index (χ3v) is 2.70. The zero-order valence-corrected chi connectivity index (χ0v) is 12.1. The minimum atomic E-state index is 0.176. The van der Waals surface area contributed by atoms with Crippen LogP contribution in [0.3, 0.4) is 0 Å². The first kappa shape index (κ1) is 15.7. The van der Waals surface area contributed by atoms with E-state index in [9.17, 15) is 0 Å². The molecule has 0 aliphatic carbocycles. The van der Waals surface area contributed by atoms with E-state index in [0.717, 1.165) is 24.3 Å². The molecule has 1 N–H and O–H groups in total. The van der Waals surface area contributed by atoms with E-state index in [4.69, 9.17) is 9.47 Å². The van der Waals surface area contributed by atoms with Gasteiger partial charge in [-0.15, -0.1) is 0 Å². The van der Waals surface area contributed by atoms with Gasteiger partial charge < -0.3 is 14.8 Å². The molecule has 0 saturated carbocycles. The first-order valence-corrected chi connectivity index (χ1v) is 6.65. The van der Waals surface area contributed by atoms with Crippen molar-refractivity contribution in [3.63, 3.8) is 0 Å². The lowest BCUT2D eigenvalue weighted by Crippen LogP contribution is -2.35. The molecule has 1 aromatic rings. The van der Waals surface area contributed by atoms with E-state index in [2.05, 4.69) is 17.2 Å². The summed E-state index contributed by atoms with van der Waals surface area (Å²) in [5, 5.41) is 3.38. The highest BCUT2D eigenvalue weighted by atomic mass is 16.5. The van der Waals surface area contributed by atoms with Crippen molar-refractivity contribution in [1.82, 2.24) is 5.32 Å². The Kier molecular flexibility index (Phi) is 7.86. The molecule has 19 heavy (non-hydrogen) atoms. The van der Waals surface area contributed by atoms with Gasteiger partial charge >= 0.3 is 0 Å². The fraction of sp³-hybridized carbons (Fsp3) is 0.533. The van der Waals surface area contributed by atoms with Crippen LogP contribution < -0.4 is 10.1 Å².